The number of carbonyl (C=O) groups excluding carboxylic acids is 3. The van der Waals surface area contributed by atoms with Crippen LogP contribution in [-0.2, 0) is 35.4 Å². The van der Waals surface area contributed by atoms with E-state index in [-0.39, 0.29) is 21.1 Å². The van der Waals surface area contributed by atoms with Gasteiger partial charge >= 0.3 is 0 Å². The Labute approximate surface area is 111 Å². The Bertz CT molecular complexity index is 242. The molecule has 0 saturated heterocycles. The van der Waals surface area contributed by atoms with Gasteiger partial charge in [-0.3, -0.25) is 0 Å². The first-order valence-electron chi connectivity index (χ1n) is 3.88. The van der Waals surface area contributed by atoms with Crippen molar-refractivity contribution in [3.05, 3.63) is 42.0 Å². The molecular weight excluding hydrogens is 288 g/mol. The van der Waals surface area contributed by atoms with Crippen molar-refractivity contribution in [2.24, 2.45) is 0 Å². The molecule has 88 valence electrons. The molecule has 0 aliphatic carbocycles. The van der Waals surface area contributed by atoms with Crippen molar-refractivity contribution >= 4 is 26.4 Å². The van der Waals surface area contributed by atoms with E-state index in [0.717, 1.165) is 0 Å². The molecule has 0 fully saturated rings. The average molecular weight is 304 g/mol. The molecular formula is C12H16MoO3. The Hall–Kier alpha value is -1.34. The van der Waals surface area contributed by atoms with Crippen molar-refractivity contribution in [2.75, 3.05) is 0 Å². The summed E-state index contributed by atoms with van der Waals surface area (Å²) in [6, 6.07) is 8.28. The summed E-state index contributed by atoms with van der Waals surface area (Å²) >= 11 is 0. The summed E-state index contributed by atoms with van der Waals surface area (Å²) in [7, 11) is 0. The average Bonchev–Trinajstić information content (AvgIpc) is 2.38. The molecule has 0 spiro atoms. The maximum absolute atomic E-state index is 8.00. The van der Waals surface area contributed by atoms with Gasteiger partial charge in [0, 0.05) is 21.1 Å². The van der Waals surface area contributed by atoms with Gasteiger partial charge in [-0.05, 0) is 12.5 Å². The van der Waals surface area contributed by atoms with E-state index in [1.54, 1.807) is 0 Å². The third-order valence-electron chi connectivity index (χ3n) is 1.31. The molecule has 0 atom stereocenters. The standard InChI is InChI=1S/C9H10.3CH2O.Mo/c1-3-9-6-4-8(2)5-7-9;3*1-2;/h3-7H,1H2,2H3;3*1H2;. The van der Waals surface area contributed by atoms with E-state index in [1.165, 1.54) is 11.1 Å². The molecule has 3 nitrogen and oxygen atoms in total. The normalized spacial score (nSPS) is 5.81. The zero-order valence-corrected chi connectivity index (χ0v) is 11.4. The molecule has 0 unspecified atom stereocenters. The van der Waals surface area contributed by atoms with Crippen LogP contribution in [0.3, 0.4) is 0 Å². The summed E-state index contributed by atoms with van der Waals surface area (Å²) in [5.41, 5.74) is 2.47. The second-order valence-electron chi connectivity index (χ2n) is 2.11. The van der Waals surface area contributed by atoms with Crippen molar-refractivity contribution in [3.8, 4) is 0 Å². The van der Waals surface area contributed by atoms with Crippen LogP contribution in [0.5, 0.6) is 0 Å². The number of benzene rings is 1. The van der Waals surface area contributed by atoms with E-state index in [9.17, 15) is 0 Å². The van der Waals surface area contributed by atoms with E-state index >= 15 is 0 Å². The molecule has 0 aliphatic heterocycles. The Morgan fingerprint density at radius 1 is 0.875 bits per heavy atom. The minimum atomic E-state index is 0. The fourth-order valence-corrected chi connectivity index (χ4v) is 0.703. The molecule has 1 aromatic rings. The molecule has 16 heavy (non-hydrogen) atoms. The molecule has 1 rings (SSSR count). The number of hydrogen-bond acceptors (Lipinski definition) is 3. The van der Waals surface area contributed by atoms with Crippen LogP contribution in [0.25, 0.3) is 6.08 Å². The summed E-state index contributed by atoms with van der Waals surface area (Å²) in [5, 5.41) is 0. The predicted molar refractivity (Wildman–Crippen MR) is 62.6 cm³/mol. The summed E-state index contributed by atoms with van der Waals surface area (Å²) in [6.45, 7) is 11.7. The maximum Gasteiger partial charge on any atom is 0.106 e. The maximum atomic E-state index is 8.00. The molecule has 1 aromatic carbocycles. The Kier molecular flexibility index (Phi) is 35.3. The van der Waals surface area contributed by atoms with Crippen molar-refractivity contribution in [2.45, 2.75) is 6.92 Å². The minimum absolute atomic E-state index is 0. The monoisotopic (exact) mass is 306 g/mol. The first-order valence-corrected chi connectivity index (χ1v) is 3.88. The van der Waals surface area contributed by atoms with Gasteiger partial charge in [-0.25, -0.2) is 0 Å². The van der Waals surface area contributed by atoms with Crippen molar-refractivity contribution in [1.29, 1.82) is 0 Å². The van der Waals surface area contributed by atoms with Crippen molar-refractivity contribution in [3.63, 3.8) is 0 Å². The number of carbonyl (C=O) groups is 3. The van der Waals surface area contributed by atoms with Crippen LogP contribution in [0.1, 0.15) is 11.1 Å². The quantitative estimate of drug-likeness (QED) is 0.746. The van der Waals surface area contributed by atoms with Gasteiger partial charge in [-0.1, -0.05) is 42.5 Å². The third kappa shape index (κ3) is 15.1. The van der Waals surface area contributed by atoms with Crippen LogP contribution < -0.4 is 0 Å². The minimum Gasteiger partial charge on any atom is -0.307 e. The molecule has 0 aromatic heterocycles. The molecule has 0 amide bonds. The van der Waals surface area contributed by atoms with Crippen LogP contribution in [0, 0.1) is 6.92 Å². The topological polar surface area (TPSA) is 51.2 Å². The summed E-state index contributed by atoms with van der Waals surface area (Å²) in [6.07, 6.45) is 1.85. The third-order valence-corrected chi connectivity index (χ3v) is 1.31. The first-order chi connectivity index (χ1) is 7.33. The molecule has 4 heteroatoms. The second-order valence-corrected chi connectivity index (χ2v) is 2.11. The predicted octanol–water partition coefficient (Wildman–Crippen LogP) is 2.08. The molecule has 0 aliphatic rings. The van der Waals surface area contributed by atoms with Crippen molar-refractivity contribution in [1.82, 2.24) is 0 Å². The van der Waals surface area contributed by atoms with Gasteiger partial charge in [0.2, 0.25) is 0 Å². The Morgan fingerprint density at radius 2 is 1.19 bits per heavy atom. The van der Waals surface area contributed by atoms with E-state index in [2.05, 4.69) is 37.8 Å². The van der Waals surface area contributed by atoms with E-state index in [4.69, 9.17) is 14.4 Å². The van der Waals surface area contributed by atoms with E-state index in [0.29, 0.717) is 0 Å². The van der Waals surface area contributed by atoms with Gasteiger partial charge in [-0.15, -0.1) is 0 Å². The van der Waals surface area contributed by atoms with Gasteiger partial charge in [0.1, 0.15) is 20.4 Å². The zero-order chi connectivity index (χ0) is 12.7. The zero-order valence-electron chi connectivity index (χ0n) is 9.35. The van der Waals surface area contributed by atoms with Crippen LogP contribution >= 0.6 is 0 Å². The molecule has 0 radical (unpaired) electrons. The largest absolute Gasteiger partial charge is 0.307 e. The number of aryl methyl sites for hydroxylation is 1. The van der Waals surface area contributed by atoms with Gasteiger partial charge in [0.25, 0.3) is 0 Å². The Morgan fingerprint density at radius 3 is 1.44 bits per heavy atom. The molecule has 0 heterocycles. The SMILES string of the molecule is C=Cc1ccc(C)cc1.C=O.C=O.C=O.[Mo]. The van der Waals surface area contributed by atoms with E-state index < -0.39 is 0 Å². The van der Waals surface area contributed by atoms with Gasteiger partial charge in [0.05, 0.1) is 0 Å². The Balaban J connectivity index is -0.0000000900. The number of rotatable bonds is 1. The van der Waals surface area contributed by atoms with Gasteiger partial charge in [-0.2, -0.15) is 0 Å². The van der Waals surface area contributed by atoms with Crippen LogP contribution in [0.4, 0.5) is 0 Å². The smallest absolute Gasteiger partial charge is 0.106 e. The summed E-state index contributed by atoms with van der Waals surface area (Å²) < 4.78 is 0. The first kappa shape index (κ1) is 24.1. The van der Waals surface area contributed by atoms with Crippen LogP contribution in [-0.4, -0.2) is 20.4 Å². The van der Waals surface area contributed by atoms with Crippen LogP contribution in [0.15, 0.2) is 30.8 Å². The fourth-order valence-electron chi connectivity index (χ4n) is 0.703. The van der Waals surface area contributed by atoms with Crippen molar-refractivity contribution < 1.29 is 35.4 Å². The molecule has 0 N–H and O–H groups in total. The van der Waals surface area contributed by atoms with Gasteiger partial charge < -0.3 is 14.4 Å². The fraction of sp³-hybridized carbons (Fsp3) is 0.0833. The van der Waals surface area contributed by atoms with Crippen LogP contribution in [0.2, 0.25) is 0 Å². The number of hydrogen-bond donors (Lipinski definition) is 0. The van der Waals surface area contributed by atoms with E-state index in [1.807, 2.05) is 26.4 Å². The second kappa shape index (κ2) is 23.5. The summed E-state index contributed by atoms with van der Waals surface area (Å²) in [5.74, 6) is 0. The molecule has 0 saturated carbocycles. The molecule has 0 bridgehead atoms. The van der Waals surface area contributed by atoms with Gasteiger partial charge in [0.15, 0.2) is 0 Å². The summed E-state index contributed by atoms with van der Waals surface area (Å²) in [4.78, 5) is 24.0.